The van der Waals surface area contributed by atoms with Gasteiger partial charge in [-0.3, -0.25) is 4.79 Å². The molecule has 0 atom stereocenters. The molecule has 4 N–H and O–H groups in total. The zero-order valence-electron chi connectivity index (χ0n) is 11.3. The summed E-state index contributed by atoms with van der Waals surface area (Å²) in [6.07, 6.45) is 0. The molecule has 2 aromatic carbocycles. The summed E-state index contributed by atoms with van der Waals surface area (Å²) in [4.78, 5) is 23.4. The monoisotopic (exact) mass is 286 g/mol. The number of amides is 1. The third-order valence-electron chi connectivity index (χ3n) is 2.88. The van der Waals surface area contributed by atoms with Crippen LogP contribution < -0.4 is 15.8 Å². The van der Waals surface area contributed by atoms with Gasteiger partial charge in [0.1, 0.15) is 5.75 Å². The van der Waals surface area contributed by atoms with E-state index in [1.165, 1.54) is 19.2 Å². The van der Waals surface area contributed by atoms with Crippen LogP contribution in [0.5, 0.6) is 5.75 Å². The van der Waals surface area contributed by atoms with Crippen LogP contribution in [-0.4, -0.2) is 24.1 Å². The SMILES string of the molecule is COc1cc(C(=O)O)c(NC(=O)c2ccccc2)cc1N. The van der Waals surface area contributed by atoms with Crippen LogP contribution in [0.3, 0.4) is 0 Å². The first-order valence-corrected chi connectivity index (χ1v) is 6.10. The summed E-state index contributed by atoms with van der Waals surface area (Å²) in [5.41, 5.74) is 6.44. The summed E-state index contributed by atoms with van der Waals surface area (Å²) < 4.78 is 4.98. The van der Waals surface area contributed by atoms with E-state index in [2.05, 4.69) is 5.32 Å². The number of nitrogens with one attached hydrogen (secondary N) is 1. The molecule has 1 amide bonds. The quantitative estimate of drug-likeness (QED) is 0.748. The number of anilines is 2. The summed E-state index contributed by atoms with van der Waals surface area (Å²) in [6.45, 7) is 0. The van der Waals surface area contributed by atoms with E-state index in [-0.39, 0.29) is 22.7 Å². The first-order chi connectivity index (χ1) is 10.0. The topological polar surface area (TPSA) is 102 Å². The van der Waals surface area contributed by atoms with Crippen molar-refractivity contribution in [2.24, 2.45) is 0 Å². The summed E-state index contributed by atoms with van der Waals surface area (Å²) in [7, 11) is 1.39. The number of carbonyl (C=O) groups excluding carboxylic acids is 1. The third-order valence-corrected chi connectivity index (χ3v) is 2.88. The van der Waals surface area contributed by atoms with Gasteiger partial charge in [0.05, 0.1) is 24.0 Å². The highest BCUT2D eigenvalue weighted by molar-refractivity contribution is 6.08. The fourth-order valence-electron chi connectivity index (χ4n) is 1.84. The molecule has 108 valence electrons. The highest BCUT2D eigenvalue weighted by Gasteiger charge is 2.16. The van der Waals surface area contributed by atoms with E-state index in [0.717, 1.165) is 0 Å². The average molecular weight is 286 g/mol. The molecule has 0 aromatic heterocycles. The van der Waals surface area contributed by atoms with Gasteiger partial charge in [0, 0.05) is 5.56 Å². The number of methoxy groups -OCH3 is 1. The standard InChI is InChI=1S/C15H14N2O4/c1-21-13-7-10(15(19)20)12(8-11(13)16)17-14(18)9-5-3-2-4-6-9/h2-8H,16H2,1H3,(H,17,18)(H,19,20). The number of nitrogen functional groups attached to an aromatic ring is 1. The normalized spacial score (nSPS) is 9.95. The summed E-state index contributed by atoms with van der Waals surface area (Å²) in [6, 6.07) is 11.1. The molecule has 0 spiro atoms. The Morgan fingerprint density at radius 3 is 2.43 bits per heavy atom. The Morgan fingerprint density at radius 1 is 1.19 bits per heavy atom. The van der Waals surface area contributed by atoms with Crippen molar-refractivity contribution >= 4 is 23.3 Å². The van der Waals surface area contributed by atoms with Gasteiger partial charge >= 0.3 is 5.97 Å². The van der Waals surface area contributed by atoms with Gasteiger partial charge in [-0.1, -0.05) is 18.2 Å². The molecule has 0 bridgehead atoms. The van der Waals surface area contributed by atoms with Crippen LogP contribution in [0.2, 0.25) is 0 Å². The van der Waals surface area contributed by atoms with Crippen molar-refractivity contribution in [3.63, 3.8) is 0 Å². The average Bonchev–Trinajstić information content (AvgIpc) is 2.48. The number of hydrogen-bond acceptors (Lipinski definition) is 4. The maximum atomic E-state index is 12.1. The van der Waals surface area contributed by atoms with E-state index < -0.39 is 11.9 Å². The Bertz CT molecular complexity index is 684. The predicted molar refractivity (Wildman–Crippen MR) is 78.8 cm³/mol. The van der Waals surface area contributed by atoms with Crippen molar-refractivity contribution in [1.29, 1.82) is 0 Å². The zero-order chi connectivity index (χ0) is 15.4. The van der Waals surface area contributed by atoms with Gasteiger partial charge in [0.15, 0.2) is 0 Å². The van der Waals surface area contributed by atoms with Crippen molar-refractivity contribution in [2.75, 3.05) is 18.2 Å². The Hall–Kier alpha value is -3.02. The number of aromatic carboxylic acids is 1. The van der Waals surface area contributed by atoms with Crippen molar-refractivity contribution in [3.05, 3.63) is 53.6 Å². The molecule has 6 nitrogen and oxygen atoms in total. The number of carboxylic acids is 1. The van der Waals surface area contributed by atoms with E-state index >= 15 is 0 Å². The first-order valence-electron chi connectivity index (χ1n) is 6.10. The molecule has 0 unspecified atom stereocenters. The molecule has 21 heavy (non-hydrogen) atoms. The number of carbonyl (C=O) groups is 2. The predicted octanol–water partition coefficient (Wildman–Crippen LogP) is 2.23. The van der Waals surface area contributed by atoms with Gasteiger partial charge in [0.2, 0.25) is 0 Å². The van der Waals surface area contributed by atoms with Crippen LogP contribution in [0.1, 0.15) is 20.7 Å². The molecule has 0 aliphatic rings. The van der Waals surface area contributed by atoms with E-state index in [9.17, 15) is 14.7 Å². The molecule has 0 heterocycles. The molecule has 2 rings (SSSR count). The van der Waals surface area contributed by atoms with Gasteiger partial charge in [-0.2, -0.15) is 0 Å². The van der Waals surface area contributed by atoms with Crippen LogP contribution >= 0.6 is 0 Å². The highest BCUT2D eigenvalue weighted by Crippen LogP contribution is 2.29. The summed E-state index contributed by atoms with van der Waals surface area (Å²) >= 11 is 0. The molecular formula is C15H14N2O4. The molecule has 6 heteroatoms. The third kappa shape index (κ3) is 3.11. The first kappa shape index (κ1) is 14.4. The molecular weight excluding hydrogens is 272 g/mol. The lowest BCUT2D eigenvalue weighted by atomic mass is 10.1. The molecule has 0 fully saturated rings. The fraction of sp³-hybridized carbons (Fsp3) is 0.0667. The van der Waals surface area contributed by atoms with Gasteiger partial charge in [-0.25, -0.2) is 4.79 Å². The molecule has 0 radical (unpaired) electrons. The lowest BCUT2D eigenvalue weighted by Crippen LogP contribution is -2.15. The second kappa shape index (κ2) is 5.96. The number of rotatable bonds is 4. The fourth-order valence-corrected chi connectivity index (χ4v) is 1.84. The highest BCUT2D eigenvalue weighted by atomic mass is 16.5. The van der Waals surface area contributed by atoms with Gasteiger partial charge in [-0.15, -0.1) is 0 Å². The Labute approximate surface area is 121 Å². The van der Waals surface area contributed by atoms with Crippen LogP contribution in [-0.2, 0) is 0 Å². The summed E-state index contributed by atoms with van der Waals surface area (Å²) in [5, 5.41) is 11.8. The molecule has 0 aliphatic heterocycles. The molecule has 0 saturated carbocycles. The lowest BCUT2D eigenvalue weighted by molar-refractivity contribution is 0.0697. The van der Waals surface area contributed by atoms with Gasteiger partial charge in [0.25, 0.3) is 5.91 Å². The second-order valence-electron chi connectivity index (χ2n) is 4.27. The van der Waals surface area contributed by atoms with E-state index in [1.54, 1.807) is 30.3 Å². The largest absolute Gasteiger partial charge is 0.495 e. The minimum Gasteiger partial charge on any atom is -0.495 e. The maximum Gasteiger partial charge on any atom is 0.337 e. The Balaban J connectivity index is 2.37. The van der Waals surface area contributed by atoms with E-state index in [0.29, 0.717) is 5.56 Å². The van der Waals surface area contributed by atoms with Crippen molar-refractivity contribution < 1.29 is 19.4 Å². The van der Waals surface area contributed by atoms with Crippen molar-refractivity contribution in [3.8, 4) is 5.75 Å². The van der Waals surface area contributed by atoms with Gasteiger partial charge in [-0.05, 0) is 24.3 Å². The van der Waals surface area contributed by atoms with Crippen molar-refractivity contribution in [1.82, 2.24) is 0 Å². The summed E-state index contributed by atoms with van der Waals surface area (Å²) in [5.74, 6) is -1.36. The van der Waals surface area contributed by atoms with Crippen LogP contribution in [0, 0.1) is 0 Å². The second-order valence-corrected chi connectivity index (χ2v) is 4.27. The smallest absolute Gasteiger partial charge is 0.337 e. The Morgan fingerprint density at radius 2 is 1.86 bits per heavy atom. The minimum absolute atomic E-state index is 0.0923. The Kier molecular flexibility index (Phi) is 4.08. The zero-order valence-corrected chi connectivity index (χ0v) is 11.3. The van der Waals surface area contributed by atoms with Crippen molar-refractivity contribution in [2.45, 2.75) is 0 Å². The number of hydrogen-bond donors (Lipinski definition) is 3. The lowest BCUT2D eigenvalue weighted by Gasteiger charge is -2.12. The number of ether oxygens (including phenoxy) is 1. The number of nitrogens with two attached hydrogens (primary N) is 1. The van der Waals surface area contributed by atoms with Crippen LogP contribution in [0.15, 0.2) is 42.5 Å². The van der Waals surface area contributed by atoms with Gasteiger partial charge < -0.3 is 20.9 Å². The molecule has 0 saturated heterocycles. The number of carboxylic acid groups (broad SMARTS) is 1. The van der Waals surface area contributed by atoms with E-state index in [4.69, 9.17) is 10.5 Å². The molecule has 2 aromatic rings. The van der Waals surface area contributed by atoms with Crippen LogP contribution in [0.25, 0.3) is 0 Å². The van der Waals surface area contributed by atoms with E-state index in [1.807, 2.05) is 0 Å². The maximum absolute atomic E-state index is 12.1. The number of benzene rings is 2. The molecule has 0 aliphatic carbocycles. The minimum atomic E-state index is -1.18. The van der Waals surface area contributed by atoms with Crippen LogP contribution in [0.4, 0.5) is 11.4 Å².